The Kier molecular flexibility index (Phi) is 6.09. The van der Waals surface area contributed by atoms with Crippen LogP contribution in [0.25, 0.3) is 0 Å². The highest BCUT2D eigenvalue weighted by Gasteiger charge is 2.33. The van der Waals surface area contributed by atoms with Crippen molar-refractivity contribution in [3.63, 3.8) is 0 Å². The van der Waals surface area contributed by atoms with Crippen molar-refractivity contribution >= 4 is 11.7 Å². The topological polar surface area (TPSA) is 81.6 Å². The lowest BCUT2D eigenvalue weighted by atomic mass is 10.1. The van der Waals surface area contributed by atoms with Gasteiger partial charge in [0.05, 0.1) is 11.8 Å². The summed E-state index contributed by atoms with van der Waals surface area (Å²) >= 11 is 0. The number of aliphatic hydroxyl groups is 1. The number of anilines is 1. The lowest BCUT2D eigenvalue weighted by Gasteiger charge is -2.36. The van der Waals surface area contributed by atoms with Gasteiger partial charge in [0, 0.05) is 44.7 Å². The molecule has 0 spiro atoms. The van der Waals surface area contributed by atoms with Crippen molar-refractivity contribution in [3.8, 4) is 0 Å². The van der Waals surface area contributed by atoms with Crippen LogP contribution >= 0.6 is 0 Å². The molecule has 0 unspecified atom stereocenters. The number of carbonyl (C=O) groups is 1. The first-order valence-electron chi connectivity index (χ1n) is 9.73. The third kappa shape index (κ3) is 4.15. The quantitative estimate of drug-likeness (QED) is 0.744. The Morgan fingerprint density at radius 2 is 2.04 bits per heavy atom. The van der Waals surface area contributed by atoms with Gasteiger partial charge in [0.25, 0.3) is 0 Å². The van der Waals surface area contributed by atoms with Gasteiger partial charge < -0.3 is 20.2 Å². The van der Waals surface area contributed by atoms with Gasteiger partial charge in [-0.3, -0.25) is 4.79 Å². The number of nitrogens with zero attached hydrogens (tertiary/aromatic N) is 4. The minimum atomic E-state index is -0.483. The van der Waals surface area contributed by atoms with Crippen molar-refractivity contribution in [1.29, 1.82) is 0 Å². The summed E-state index contributed by atoms with van der Waals surface area (Å²) in [5, 5.41) is 13.5. The van der Waals surface area contributed by atoms with E-state index in [4.69, 9.17) is 0 Å². The van der Waals surface area contributed by atoms with Crippen molar-refractivity contribution in [3.05, 3.63) is 17.6 Å². The lowest BCUT2D eigenvalue weighted by molar-refractivity contribution is -0.131. The molecule has 2 atom stereocenters. The fourth-order valence-electron chi connectivity index (χ4n) is 3.87. The first-order chi connectivity index (χ1) is 12.5. The molecule has 1 aliphatic carbocycles. The summed E-state index contributed by atoms with van der Waals surface area (Å²) in [5.74, 6) is 2.02. The molecule has 7 nitrogen and oxygen atoms in total. The maximum absolute atomic E-state index is 12.4. The molecule has 0 saturated carbocycles. The van der Waals surface area contributed by atoms with Gasteiger partial charge in [-0.15, -0.1) is 0 Å². The van der Waals surface area contributed by atoms with Crippen LogP contribution in [-0.2, 0) is 4.79 Å². The largest absolute Gasteiger partial charge is 0.387 e. The van der Waals surface area contributed by atoms with E-state index in [9.17, 15) is 9.90 Å². The van der Waals surface area contributed by atoms with E-state index in [0.29, 0.717) is 18.8 Å². The normalized spacial score (nSPS) is 22.8. The smallest absolute Gasteiger partial charge is 0.223 e. The number of hydrogen-bond donors (Lipinski definition) is 2. The summed E-state index contributed by atoms with van der Waals surface area (Å²) in [6, 6.07) is 0. The molecular weight excluding hydrogens is 330 g/mol. The Labute approximate surface area is 155 Å². The second-order valence-corrected chi connectivity index (χ2v) is 7.86. The number of fused-ring (bicyclic) bond motifs is 1. The average molecular weight is 361 g/mol. The predicted molar refractivity (Wildman–Crippen MR) is 101 cm³/mol. The molecule has 0 aromatic carbocycles. The van der Waals surface area contributed by atoms with E-state index < -0.39 is 6.10 Å². The molecule has 3 rings (SSSR count). The van der Waals surface area contributed by atoms with Crippen LogP contribution in [0.3, 0.4) is 0 Å². The summed E-state index contributed by atoms with van der Waals surface area (Å²) in [6.07, 6.45) is 2.33. The van der Waals surface area contributed by atoms with Crippen molar-refractivity contribution < 1.29 is 9.90 Å². The van der Waals surface area contributed by atoms with Crippen LogP contribution in [0, 0.1) is 5.92 Å². The number of hydrogen-bond acceptors (Lipinski definition) is 6. The lowest BCUT2D eigenvalue weighted by Crippen LogP contribution is -2.49. The van der Waals surface area contributed by atoms with Crippen LogP contribution in [-0.4, -0.2) is 65.2 Å². The summed E-state index contributed by atoms with van der Waals surface area (Å²) < 4.78 is 0. The molecule has 1 saturated heterocycles. The minimum Gasteiger partial charge on any atom is -0.387 e. The summed E-state index contributed by atoms with van der Waals surface area (Å²) in [6.45, 7) is 11.1. The van der Waals surface area contributed by atoms with E-state index in [2.05, 4.69) is 41.0 Å². The Morgan fingerprint density at radius 3 is 2.73 bits per heavy atom. The van der Waals surface area contributed by atoms with Gasteiger partial charge in [-0.1, -0.05) is 20.8 Å². The highest BCUT2D eigenvalue weighted by Crippen LogP contribution is 2.42. The molecule has 0 bridgehead atoms. The van der Waals surface area contributed by atoms with Crippen molar-refractivity contribution in [1.82, 2.24) is 20.2 Å². The molecule has 7 heteroatoms. The van der Waals surface area contributed by atoms with E-state index in [1.54, 1.807) is 6.33 Å². The minimum absolute atomic E-state index is 0.220. The van der Waals surface area contributed by atoms with Crippen molar-refractivity contribution in [2.75, 3.05) is 44.2 Å². The van der Waals surface area contributed by atoms with Crippen molar-refractivity contribution in [2.24, 2.45) is 5.92 Å². The second kappa shape index (κ2) is 8.31. The molecule has 1 amide bonds. The first-order valence-corrected chi connectivity index (χ1v) is 9.73. The summed E-state index contributed by atoms with van der Waals surface area (Å²) in [7, 11) is 0. The average Bonchev–Trinajstić information content (AvgIpc) is 2.93. The standard InChI is InChI=1S/C19H31N5O2/c1-13(2)11-20-5-4-16(26)23-6-8-24(9-7-23)19-17-14(3)10-15(25)18(17)21-12-22-19/h12-15,20,25H,4-11H2,1-3H3/t14-,15-/m1/s1. The van der Waals surface area contributed by atoms with Crippen LogP contribution in [0.2, 0.25) is 0 Å². The van der Waals surface area contributed by atoms with Crippen LogP contribution in [0.15, 0.2) is 6.33 Å². The van der Waals surface area contributed by atoms with Gasteiger partial charge in [0.15, 0.2) is 0 Å². The molecule has 2 heterocycles. The van der Waals surface area contributed by atoms with Crippen LogP contribution in [0.4, 0.5) is 5.82 Å². The number of carbonyl (C=O) groups excluding carboxylic acids is 1. The summed E-state index contributed by atoms with van der Waals surface area (Å²) in [5.41, 5.74) is 1.86. The van der Waals surface area contributed by atoms with Gasteiger partial charge >= 0.3 is 0 Å². The van der Waals surface area contributed by atoms with Crippen molar-refractivity contribution in [2.45, 2.75) is 45.6 Å². The van der Waals surface area contributed by atoms with Crippen LogP contribution in [0.1, 0.15) is 56.9 Å². The number of piperazine rings is 1. The molecule has 1 aliphatic heterocycles. The van der Waals surface area contributed by atoms with Crippen LogP contribution in [0.5, 0.6) is 0 Å². The molecule has 1 fully saturated rings. The SMILES string of the molecule is CC(C)CNCCC(=O)N1CCN(c2ncnc3c2[C@H](C)C[C@H]3O)CC1. The number of aliphatic hydroxyl groups excluding tert-OH is 1. The van der Waals surface area contributed by atoms with Crippen LogP contribution < -0.4 is 10.2 Å². The zero-order valence-corrected chi connectivity index (χ0v) is 16.1. The predicted octanol–water partition coefficient (Wildman–Crippen LogP) is 1.30. The molecule has 2 N–H and O–H groups in total. The second-order valence-electron chi connectivity index (χ2n) is 7.86. The fourth-order valence-corrected chi connectivity index (χ4v) is 3.87. The number of rotatable bonds is 6. The molecule has 26 heavy (non-hydrogen) atoms. The third-order valence-electron chi connectivity index (χ3n) is 5.28. The van der Waals surface area contributed by atoms with Gasteiger partial charge in [-0.25, -0.2) is 9.97 Å². The van der Waals surface area contributed by atoms with E-state index in [0.717, 1.165) is 56.3 Å². The molecular formula is C19H31N5O2. The number of nitrogens with one attached hydrogen (secondary N) is 1. The molecule has 144 valence electrons. The van der Waals surface area contributed by atoms with E-state index >= 15 is 0 Å². The molecule has 1 aromatic rings. The Balaban J connectivity index is 1.54. The third-order valence-corrected chi connectivity index (χ3v) is 5.28. The Hall–Kier alpha value is -1.73. The zero-order chi connectivity index (χ0) is 18.7. The zero-order valence-electron chi connectivity index (χ0n) is 16.1. The van der Waals surface area contributed by atoms with Gasteiger partial charge in [0.2, 0.25) is 5.91 Å². The van der Waals surface area contributed by atoms with E-state index in [-0.39, 0.29) is 11.8 Å². The molecule has 2 aliphatic rings. The summed E-state index contributed by atoms with van der Waals surface area (Å²) in [4.78, 5) is 25.3. The maximum atomic E-state index is 12.4. The monoisotopic (exact) mass is 361 g/mol. The van der Waals surface area contributed by atoms with E-state index in [1.807, 2.05) is 4.90 Å². The van der Waals surface area contributed by atoms with Gasteiger partial charge in [-0.05, 0) is 24.8 Å². The number of aromatic nitrogens is 2. The highest BCUT2D eigenvalue weighted by atomic mass is 16.3. The molecule has 0 radical (unpaired) electrons. The van der Waals surface area contributed by atoms with Gasteiger partial charge in [0.1, 0.15) is 12.1 Å². The highest BCUT2D eigenvalue weighted by molar-refractivity contribution is 5.76. The van der Waals surface area contributed by atoms with Gasteiger partial charge in [-0.2, -0.15) is 0 Å². The fraction of sp³-hybridized carbons (Fsp3) is 0.737. The molecule has 1 aromatic heterocycles. The first kappa shape index (κ1) is 19.0. The van der Waals surface area contributed by atoms with E-state index in [1.165, 1.54) is 0 Å². The number of amides is 1. The Morgan fingerprint density at radius 1 is 1.31 bits per heavy atom. The Bertz CT molecular complexity index is 628. The maximum Gasteiger partial charge on any atom is 0.223 e.